The van der Waals surface area contributed by atoms with Gasteiger partial charge < -0.3 is 0 Å². The third kappa shape index (κ3) is 3.32. The molecule has 1 N–H and O–H groups in total. The molecule has 0 bridgehead atoms. The van der Waals surface area contributed by atoms with Crippen LogP contribution in [0.15, 0.2) is 47.7 Å². The zero-order chi connectivity index (χ0) is 16.1. The van der Waals surface area contributed by atoms with Crippen molar-refractivity contribution in [2.24, 2.45) is 5.10 Å². The maximum absolute atomic E-state index is 12.1. The van der Waals surface area contributed by atoms with Gasteiger partial charge in [-0.25, -0.2) is 5.43 Å². The molecule has 7 heteroatoms. The van der Waals surface area contributed by atoms with Crippen LogP contribution >= 0.6 is 0 Å². The predicted octanol–water partition coefficient (Wildman–Crippen LogP) is 2.45. The molecule has 2 rings (SSSR count). The first-order chi connectivity index (χ1) is 10.5. The van der Waals surface area contributed by atoms with Crippen molar-refractivity contribution < 1.29 is 9.72 Å². The number of nitro benzene ring substituents is 1. The fourth-order valence-electron chi connectivity index (χ4n) is 1.90. The molecule has 1 aromatic heterocycles. The van der Waals surface area contributed by atoms with Crippen molar-refractivity contribution in [1.29, 1.82) is 0 Å². The van der Waals surface area contributed by atoms with E-state index in [0.29, 0.717) is 17.0 Å². The lowest BCUT2D eigenvalue weighted by atomic mass is 10.1. The molecule has 22 heavy (non-hydrogen) atoms. The fourth-order valence-corrected chi connectivity index (χ4v) is 1.90. The number of benzene rings is 1. The van der Waals surface area contributed by atoms with Crippen molar-refractivity contribution >= 4 is 17.3 Å². The van der Waals surface area contributed by atoms with E-state index < -0.39 is 10.8 Å². The van der Waals surface area contributed by atoms with E-state index in [1.54, 1.807) is 25.3 Å². The Kier molecular flexibility index (Phi) is 4.57. The molecule has 0 saturated heterocycles. The van der Waals surface area contributed by atoms with Crippen molar-refractivity contribution in [3.05, 3.63) is 69.5 Å². The van der Waals surface area contributed by atoms with Gasteiger partial charge in [0.2, 0.25) is 0 Å². The highest BCUT2D eigenvalue weighted by atomic mass is 16.6. The van der Waals surface area contributed by atoms with Crippen molar-refractivity contribution in [3.63, 3.8) is 0 Å². The summed E-state index contributed by atoms with van der Waals surface area (Å²) in [6.07, 6.45) is 1.63. The van der Waals surface area contributed by atoms with Gasteiger partial charge in [-0.1, -0.05) is 12.1 Å². The summed E-state index contributed by atoms with van der Waals surface area (Å²) in [5.41, 5.74) is 3.98. The highest BCUT2D eigenvalue weighted by molar-refractivity contribution is 6.00. The Morgan fingerprint density at radius 1 is 1.27 bits per heavy atom. The molecular weight excluding hydrogens is 284 g/mol. The lowest BCUT2D eigenvalue weighted by Gasteiger charge is -2.05. The zero-order valence-corrected chi connectivity index (χ0v) is 12.1. The first kappa shape index (κ1) is 15.3. The SMILES string of the molecule is C/C(=N/NC(=O)c1cccc([N+](=O)[O-])c1C)c1ccccn1. The molecule has 0 unspecified atom stereocenters. The molecule has 1 heterocycles. The number of pyridine rings is 1. The number of nitrogens with zero attached hydrogens (tertiary/aromatic N) is 3. The van der Waals surface area contributed by atoms with E-state index in [1.165, 1.54) is 25.1 Å². The molecule has 1 aromatic carbocycles. The first-order valence-corrected chi connectivity index (χ1v) is 6.50. The molecule has 0 radical (unpaired) electrons. The third-order valence-corrected chi connectivity index (χ3v) is 3.11. The number of carbonyl (C=O) groups is 1. The number of nitro groups is 1. The smallest absolute Gasteiger partial charge is 0.267 e. The number of amides is 1. The second-order valence-corrected chi connectivity index (χ2v) is 4.56. The minimum Gasteiger partial charge on any atom is -0.267 e. The van der Waals surface area contributed by atoms with Crippen LogP contribution in [0, 0.1) is 17.0 Å². The Morgan fingerprint density at radius 2 is 2.05 bits per heavy atom. The van der Waals surface area contributed by atoms with Crippen LogP contribution in [0.3, 0.4) is 0 Å². The van der Waals surface area contributed by atoms with Crippen LogP contribution in [0.5, 0.6) is 0 Å². The molecule has 0 fully saturated rings. The van der Waals surface area contributed by atoms with Gasteiger partial charge in [0.15, 0.2) is 0 Å². The van der Waals surface area contributed by atoms with Gasteiger partial charge >= 0.3 is 0 Å². The Bertz CT molecular complexity index is 742. The highest BCUT2D eigenvalue weighted by Crippen LogP contribution is 2.20. The van der Waals surface area contributed by atoms with Gasteiger partial charge in [0.1, 0.15) is 0 Å². The zero-order valence-electron chi connectivity index (χ0n) is 12.1. The molecule has 112 valence electrons. The summed E-state index contributed by atoms with van der Waals surface area (Å²) in [7, 11) is 0. The number of rotatable bonds is 4. The van der Waals surface area contributed by atoms with Gasteiger partial charge in [-0.3, -0.25) is 19.9 Å². The normalized spacial score (nSPS) is 11.1. The number of nitrogens with one attached hydrogen (secondary N) is 1. The monoisotopic (exact) mass is 298 g/mol. The predicted molar refractivity (Wildman–Crippen MR) is 81.7 cm³/mol. The molecule has 2 aromatic rings. The lowest BCUT2D eigenvalue weighted by Crippen LogP contribution is -2.20. The van der Waals surface area contributed by atoms with Crippen LogP contribution in [0.4, 0.5) is 5.69 Å². The van der Waals surface area contributed by atoms with Crippen LogP contribution in [0.2, 0.25) is 0 Å². The van der Waals surface area contributed by atoms with Crippen LogP contribution in [0.1, 0.15) is 28.5 Å². The van der Waals surface area contributed by atoms with Gasteiger partial charge in [0.05, 0.1) is 21.9 Å². The molecule has 0 aliphatic heterocycles. The number of hydrogen-bond donors (Lipinski definition) is 1. The van der Waals surface area contributed by atoms with Crippen LogP contribution in [0.25, 0.3) is 0 Å². The summed E-state index contributed by atoms with van der Waals surface area (Å²) >= 11 is 0. The standard InChI is InChI=1S/C15H14N4O3/c1-10-12(6-5-8-14(10)19(21)22)15(20)18-17-11(2)13-7-3-4-9-16-13/h3-9H,1-2H3,(H,18,20)/b17-11-. The van der Waals surface area contributed by atoms with E-state index in [1.807, 2.05) is 6.07 Å². The molecule has 1 amide bonds. The average molecular weight is 298 g/mol. The molecule has 0 saturated carbocycles. The maximum Gasteiger partial charge on any atom is 0.273 e. The molecular formula is C15H14N4O3. The quantitative estimate of drug-likeness (QED) is 0.532. The highest BCUT2D eigenvalue weighted by Gasteiger charge is 2.17. The molecule has 0 spiro atoms. The Balaban J connectivity index is 2.20. The van der Waals surface area contributed by atoms with Crippen molar-refractivity contribution in [2.75, 3.05) is 0 Å². The second-order valence-electron chi connectivity index (χ2n) is 4.56. The maximum atomic E-state index is 12.1. The molecule has 7 nitrogen and oxygen atoms in total. The third-order valence-electron chi connectivity index (χ3n) is 3.11. The molecule has 0 aliphatic carbocycles. The van der Waals surface area contributed by atoms with E-state index in [4.69, 9.17) is 0 Å². The summed E-state index contributed by atoms with van der Waals surface area (Å²) in [6.45, 7) is 3.24. The van der Waals surface area contributed by atoms with Gasteiger partial charge in [-0.2, -0.15) is 5.10 Å². The fraction of sp³-hybridized carbons (Fsp3) is 0.133. The summed E-state index contributed by atoms with van der Waals surface area (Å²) in [5.74, 6) is -0.503. The van der Waals surface area contributed by atoms with E-state index in [2.05, 4.69) is 15.5 Å². The number of carbonyl (C=O) groups excluding carboxylic acids is 1. The topological polar surface area (TPSA) is 97.5 Å². The first-order valence-electron chi connectivity index (χ1n) is 6.50. The lowest BCUT2D eigenvalue weighted by molar-refractivity contribution is -0.385. The van der Waals surface area contributed by atoms with Crippen molar-refractivity contribution in [1.82, 2.24) is 10.4 Å². The molecule has 0 aliphatic rings. The van der Waals surface area contributed by atoms with Gasteiger partial charge in [-0.05, 0) is 32.0 Å². The summed E-state index contributed by atoms with van der Waals surface area (Å²) < 4.78 is 0. The Morgan fingerprint density at radius 3 is 2.68 bits per heavy atom. The van der Waals surface area contributed by atoms with Gasteiger partial charge in [-0.15, -0.1) is 0 Å². The average Bonchev–Trinajstić information content (AvgIpc) is 2.53. The van der Waals surface area contributed by atoms with E-state index in [-0.39, 0.29) is 11.3 Å². The van der Waals surface area contributed by atoms with Crippen LogP contribution in [-0.2, 0) is 0 Å². The van der Waals surface area contributed by atoms with Crippen molar-refractivity contribution in [3.8, 4) is 0 Å². The Labute approximate surface area is 126 Å². The number of hydrazone groups is 1. The van der Waals surface area contributed by atoms with E-state index in [9.17, 15) is 14.9 Å². The summed E-state index contributed by atoms with van der Waals surface area (Å²) in [4.78, 5) is 26.6. The Hall–Kier alpha value is -3.09. The molecule has 0 atom stereocenters. The summed E-state index contributed by atoms with van der Waals surface area (Å²) in [5, 5.41) is 14.9. The second kappa shape index (κ2) is 6.57. The summed E-state index contributed by atoms with van der Waals surface area (Å²) in [6, 6.07) is 9.70. The van der Waals surface area contributed by atoms with Gasteiger partial charge in [0, 0.05) is 17.8 Å². The van der Waals surface area contributed by atoms with Crippen LogP contribution in [-0.4, -0.2) is 21.5 Å². The van der Waals surface area contributed by atoms with Crippen LogP contribution < -0.4 is 5.43 Å². The van der Waals surface area contributed by atoms with Gasteiger partial charge in [0.25, 0.3) is 11.6 Å². The number of hydrogen-bond acceptors (Lipinski definition) is 5. The largest absolute Gasteiger partial charge is 0.273 e. The van der Waals surface area contributed by atoms with E-state index >= 15 is 0 Å². The van der Waals surface area contributed by atoms with Crippen molar-refractivity contribution in [2.45, 2.75) is 13.8 Å². The van der Waals surface area contributed by atoms with E-state index in [0.717, 1.165) is 0 Å². The minimum absolute atomic E-state index is 0.0990. The number of aromatic nitrogens is 1. The minimum atomic E-state index is -0.519.